The summed E-state index contributed by atoms with van der Waals surface area (Å²) >= 11 is 0. The number of nitrogens with one attached hydrogen (secondary N) is 3. The fourth-order valence-electron chi connectivity index (χ4n) is 6.56. The third kappa shape index (κ3) is 18.5. The molecule has 0 aromatic heterocycles. The molecule has 3 saturated heterocycles. The molecular weight excluding hydrogens is 952 g/mol. The molecule has 3 heterocycles. The lowest BCUT2D eigenvalue weighted by molar-refractivity contribution is -0.166. The minimum atomic E-state index is -2.20. The third-order valence-corrected chi connectivity index (χ3v) is 11.0. The molecule has 3 amide bonds. The van der Waals surface area contributed by atoms with E-state index < -0.39 is 147 Å². The Morgan fingerprint density at radius 2 is 0.743 bits per heavy atom. The highest BCUT2D eigenvalue weighted by atomic mass is 16.4. The zero-order valence-electron chi connectivity index (χ0n) is 38.2. The zero-order chi connectivity index (χ0) is 54.8. The van der Waals surface area contributed by atoms with E-state index in [-0.39, 0.29) is 57.1 Å². The van der Waals surface area contributed by atoms with Crippen LogP contribution in [0.3, 0.4) is 0 Å². The highest BCUT2D eigenvalue weighted by Gasteiger charge is 2.45. The van der Waals surface area contributed by atoms with Gasteiger partial charge in [-0.05, 0) is 0 Å². The highest BCUT2D eigenvalue weighted by molar-refractivity contribution is 5.86. The number of guanidine groups is 3. The van der Waals surface area contributed by atoms with E-state index in [4.69, 9.17) is 53.9 Å². The number of carbonyl (C=O) groups excluding carboxylic acids is 3. The quantitative estimate of drug-likeness (QED) is 0.0567. The predicted octanol–water partition coefficient (Wildman–Crippen LogP) is -13.1. The molecule has 25 N–H and O–H groups in total. The van der Waals surface area contributed by atoms with Crippen LogP contribution in [0.2, 0.25) is 0 Å². The molecule has 0 saturated carbocycles. The van der Waals surface area contributed by atoms with Crippen LogP contribution >= 0.6 is 0 Å². The average molecular weight is 1020 g/mol. The van der Waals surface area contributed by atoms with Crippen molar-refractivity contribution in [3.05, 3.63) is 0 Å². The number of carboxylic acids is 3. The molecule has 14 atom stereocenters. The number of nitrogens with two attached hydrogens (primary N) is 3. The normalized spacial score (nSPS) is 28.0. The first kappa shape index (κ1) is 64.1. The molecule has 70 heavy (non-hydrogen) atoms. The molecule has 5 unspecified atom stereocenters. The Labute approximate surface area is 398 Å². The number of rotatable bonds is 14. The van der Waals surface area contributed by atoms with Gasteiger partial charge < -0.3 is 128 Å². The van der Waals surface area contributed by atoms with E-state index in [1.807, 2.05) is 0 Å². The van der Waals surface area contributed by atoms with Gasteiger partial charge in [0.05, 0.1) is 64.0 Å². The molecule has 404 valence electrons. The smallest absolute Gasteiger partial charge is 0.333 e. The molecule has 0 aromatic rings. The fourth-order valence-corrected chi connectivity index (χ4v) is 6.56. The maximum Gasteiger partial charge on any atom is 0.333 e. The average Bonchev–Trinajstić information content (AvgIpc) is 3.27. The Morgan fingerprint density at radius 3 is 0.914 bits per heavy atom. The number of hydrogen-bond acceptors (Lipinski definition) is 22. The van der Waals surface area contributed by atoms with Gasteiger partial charge in [0.1, 0.15) is 60.9 Å². The maximum absolute atomic E-state index is 12.0. The van der Waals surface area contributed by atoms with E-state index in [2.05, 4.69) is 0 Å². The van der Waals surface area contributed by atoms with Gasteiger partial charge in [-0.1, -0.05) is 0 Å². The predicted molar refractivity (Wildman–Crippen MR) is 232 cm³/mol. The Balaban J connectivity index is 0.000000916. The van der Waals surface area contributed by atoms with Gasteiger partial charge in [0.2, 0.25) is 17.7 Å². The number of carboxylic acid groups (broad SMARTS) is 3. The van der Waals surface area contributed by atoms with Crippen molar-refractivity contribution < 1.29 is 110 Å². The molecular formula is C36H68N12O22. The first-order valence-corrected chi connectivity index (χ1v) is 20.6. The van der Waals surface area contributed by atoms with Crippen molar-refractivity contribution >= 4 is 53.5 Å². The first-order chi connectivity index (χ1) is 32.2. The topological polar surface area (TPSA) is 595 Å². The van der Waals surface area contributed by atoms with Crippen molar-refractivity contribution in [3.8, 4) is 0 Å². The van der Waals surface area contributed by atoms with Crippen molar-refractivity contribution in [2.75, 3.05) is 80.2 Å². The number of carbonyl (C=O) groups is 6. The summed E-state index contributed by atoms with van der Waals surface area (Å²) in [5.74, 6) is -9.15. The fraction of sp³-hybridized carbons (Fsp3) is 0.750. The van der Waals surface area contributed by atoms with E-state index in [1.165, 1.54) is 35.8 Å². The summed E-state index contributed by atoms with van der Waals surface area (Å²) in [6.07, 6.45) is -15.5. The van der Waals surface area contributed by atoms with Crippen LogP contribution in [0.15, 0.2) is 0 Å². The van der Waals surface area contributed by atoms with Gasteiger partial charge in [0, 0.05) is 40.8 Å². The largest absolute Gasteiger partial charge is 0.481 e. The molecule has 0 radical (unpaired) electrons. The zero-order valence-corrected chi connectivity index (χ0v) is 38.2. The SMILES string of the molecule is CN(CC(=O)N1C[C@H](O)[C@@H](O)[C@@H](O)C1CO)C(=N)N.CN(CC(=O)N1C[C@H](O)[C@@H](O)[C@@H](O)C1CO)C(=N)N.CN(CC(=O)N1C[C@H](O)[C@@H](O)[C@@H](O)C1CO)C(=N)N.O=C(O)CC(C(=O)O)C(O)C(=O)O. The summed E-state index contributed by atoms with van der Waals surface area (Å²) in [6.45, 7) is -2.89. The number of β-amino-alcohol motifs (C(OH)–C–C–N with tert-alkyl or cyclic N) is 3. The molecule has 3 aliphatic rings. The van der Waals surface area contributed by atoms with Crippen molar-refractivity contribution in [2.45, 2.75) is 85.6 Å². The van der Waals surface area contributed by atoms with Gasteiger partial charge in [0.15, 0.2) is 24.0 Å². The lowest BCUT2D eigenvalue weighted by Crippen LogP contribution is -2.65. The summed E-state index contributed by atoms with van der Waals surface area (Å²) < 4.78 is 0. The number of amides is 3. The van der Waals surface area contributed by atoms with Crippen molar-refractivity contribution in [2.24, 2.45) is 23.1 Å². The molecule has 3 aliphatic heterocycles. The molecule has 0 aliphatic carbocycles. The maximum atomic E-state index is 12.0. The molecule has 3 fully saturated rings. The van der Waals surface area contributed by atoms with Crippen LogP contribution in [0.1, 0.15) is 6.42 Å². The minimum Gasteiger partial charge on any atom is -0.481 e. The Hall–Kier alpha value is -5.89. The van der Waals surface area contributed by atoms with Gasteiger partial charge in [-0.15, -0.1) is 0 Å². The number of nitrogens with zero attached hydrogens (tertiary/aromatic N) is 6. The summed E-state index contributed by atoms with van der Waals surface area (Å²) in [7, 11) is 4.33. The number of likely N-dealkylation sites (N-methyl/N-ethyl adjacent to an activating group) is 3. The number of aliphatic hydroxyl groups excluding tert-OH is 13. The van der Waals surface area contributed by atoms with E-state index in [9.17, 15) is 90.0 Å². The van der Waals surface area contributed by atoms with Crippen LogP contribution in [-0.4, -0.2) is 324 Å². The monoisotopic (exact) mass is 1020 g/mol. The highest BCUT2D eigenvalue weighted by Crippen LogP contribution is 2.22. The van der Waals surface area contributed by atoms with Gasteiger partial charge in [-0.25, -0.2) is 4.79 Å². The van der Waals surface area contributed by atoms with Gasteiger partial charge in [-0.2, -0.15) is 0 Å². The van der Waals surface area contributed by atoms with Gasteiger partial charge in [-0.3, -0.25) is 40.2 Å². The number of hydrogen-bond donors (Lipinski definition) is 22. The summed E-state index contributed by atoms with van der Waals surface area (Å²) in [4.78, 5) is 73.3. The van der Waals surface area contributed by atoms with E-state index >= 15 is 0 Å². The first-order valence-electron chi connectivity index (χ1n) is 20.6. The molecule has 0 spiro atoms. The third-order valence-electron chi connectivity index (χ3n) is 11.0. The van der Waals surface area contributed by atoms with Crippen LogP contribution in [-0.2, 0) is 28.8 Å². The van der Waals surface area contributed by atoms with Gasteiger partial charge >= 0.3 is 17.9 Å². The van der Waals surface area contributed by atoms with Crippen LogP contribution in [0.4, 0.5) is 0 Å². The lowest BCUT2D eigenvalue weighted by atomic mass is 9.94. The second-order valence-electron chi connectivity index (χ2n) is 16.1. The lowest BCUT2D eigenvalue weighted by Gasteiger charge is -2.43. The van der Waals surface area contributed by atoms with Crippen molar-refractivity contribution in [1.29, 1.82) is 16.2 Å². The van der Waals surface area contributed by atoms with Crippen molar-refractivity contribution in [1.82, 2.24) is 29.4 Å². The van der Waals surface area contributed by atoms with E-state index in [1.54, 1.807) is 0 Å². The second kappa shape index (κ2) is 29.3. The summed E-state index contributed by atoms with van der Waals surface area (Å²) in [5.41, 5.74) is 15.6. The second-order valence-corrected chi connectivity index (χ2v) is 16.1. The van der Waals surface area contributed by atoms with E-state index in [0.29, 0.717) is 0 Å². The van der Waals surface area contributed by atoms with E-state index in [0.717, 1.165) is 14.7 Å². The summed E-state index contributed by atoms with van der Waals surface area (Å²) in [6, 6.07) is -2.98. The molecule has 0 bridgehead atoms. The number of likely N-dealkylation sites (tertiary alicyclic amines) is 3. The molecule has 34 heteroatoms. The van der Waals surface area contributed by atoms with Crippen LogP contribution in [0.25, 0.3) is 0 Å². The van der Waals surface area contributed by atoms with Crippen molar-refractivity contribution in [3.63, 3.8) is 0 Å². The number of piperidine rings is 3. The van der Waals surface area contributed by atoms with Crippen LogP contribution < -0.4 is 17.2 Å². The Kier molecular flexibility index (Phi) is 26.9. The Bertz CT molecular complexity index is 1630. The minimum absolute atomic E-state index is 0.200. The standard InChI is InChI=1S/3C10H20N4O5.C6H8O7/c3*1-13(10(11)12)3-7(17)14-2-6(16)9(19)8(18)5(14)4-15;7-3(8)1-2(5(10)11)4(9)6(12)13/h3*5-6,8-9,15-16,18-19H,2-4H2,1H3,(H3,11,12);2,4,9H,1H2,(H,7,8)(H,10,11)(H,12,13)/t3*5?,6-,8-,9+;/m000./s1. The van der Waals surface area contributed by atoms with Crippen LogP contribution in [0, 0.1) is 22.1 Å². The molecule has 3 rings (SSSR count). The summed E-state index contributed by atoms with van der Waals surface area (Å²) in [5, 5.41) is 169. The molecule has 0 aromatic carbocycles. The number of aliphatic carboxylic acids is 3. The number of aliphatic hydroxyl groups is 13. The van der Waals surface area contributed by atoms with Crippen LogP contribution in [0.5, 0.6) is 0 Å². The Morgan fingerprint density at radius 1 is 0.500 bits per heavy atom. The van der Waals surface area contributed by atoms with Gasteiger partial charge in [0.25, 0.3) is 0 Å². The molecule has 34 nitrogen and oxygen atoms in total.